The van der Waals surface area contributed by atoms with Crippen molar-refractivity contribution in [1.82, 2.24) is 5.32 Å². The number of rotatable bonds is 5. The predicted molar refractivity (Wildman–Crippen MR) is 93.2 cm³/mol. The van der Waals surface area contributed by atoms with Crippen LogP contribution in [0.4, 0.5) is 0 Å². The minimum atomic E-state index is 0.449. The van der Waals surface area contributed by atoms with Gasteiger partial charge in [0, 0.05) is 10.7 Å². The summed E-state index contributed by atoms with van der Waals surface area (Å²) < 4.78 is 1.38. The Bertz CT molecular complexity index is 702. The van der Waals surface area contributed by atoms with E-state index in [1.807, 2.05) is 11.3 Å². The number of fused-ring (bicyclic) bond motifs is 1. The smallest absolute Gasteiger partial charge is 0.0345 e. The fraction of sp³-hybridized carbons (Fsp3) is 0.263. The van der Waals surface area contributed by atoms with E-state index in [4.69, 9.17) is 0 Å². The van der Waals surface area contributed by atoms with Gasteiger partial charge in [-0.2, -0.15) is 0 Å². The van der Waals surface area contributed by atoms with Gasteiger partial charge in [0.25, 0.3) is 0 Å². The standard InChI is InChI=1S/C19H21NS/c1-14(15-8-4-3-5-9-15)18(20-2)12-16-13-21-19-11-7-6-10-17(16)19/h3-11,13-14,18,20H,12H2,1-2H3. The third-order valence-electron chi connectivity index (χ3n) is 4.30. The zero-order valence-corrected chi connectivity index (χ0v) is 13.4. The normalized spacial score (nSPS) is 14.2. The lowest BCUT2D eigenvalue weighted by atomic mass is 9.89. The SMILES string of the molecule is CNC(Cc1csc2ccccc12)C(C)c1ccccc1. The van der Waals surface area contributed by atoms with Gasteiger partial charge in [0.15, 0.2) is 0 Å². The number of hydrogen-bond donors (Lipinski definition) is 1. The van der Waals surface area contributed by atoms with Gasteiger partial charge in [-0.3, -0.25) is 0 Å². The van der Waals surface area contributed by atoms with E-state index in [0.29, 0.717) is 12.0 Å². The van der Waals surface area contributed by atoms with Gasteiger partial charge in [0.1, 0.15) is 0 Å². The Kier molecular flexibility index (Phi) is 4.37. The summed E-state index contributed by atoms with van der Waals surface area (Å²) in [5, 5.41) is 7.23. The third kappa shape index (κ3) is 3.02. The van der Waals surface area contributed by atoms with E-state index in [-0.39, 0.29) is 0 Å². The molecule has 0 fully saturated rings. The number of likely N-dealkylation sites (N-methyl/N-ethyl adjacent to an activating group) is 1. The topological polar surface area (TPSA) is 12.0 Å². The van der Waals surface area contributed by atoms with Gasteiger partial charge in [-0.25, -0.2) is 0 Å². The maximum atomic E-state index is 3.51. The molecule has 0 spiro atoms. The molecule has 1 nitrogen and oxygen atoms in total. The van der Waals surface area contributed by atoms with Crippen molar-refractivity contribution < 1.29 is 0 Å². The third-order valence-corrected chi connectivity index (χ3v) is 5.31. The van der Waals surface area contributed by atoms with Crippen LogP contribution in [-0.4, -0.2) is 13.1 Å². The monoisotopic (exact) mass is 295 g/mol. The number of nitrogens with one attached hydrogen (secondary N) is 1. The first-order chi connectivity index (χ1) is 10.3. The zero-order chi connectivity index (χ0) is 14.7. The minimum absolute atomic E-state index is 0.449. The molecule has 0 amide bonds. The highest BCUT2D eigenvalue weighted by Crippen LogP contribution is 2.29. The van der Waals surface area contributed by atoms with Crippen LogP contribution in [0.15, 0.2) is 60.0 Å². The van der Waals surface area contributed by atoms with Crippen molar-refractivity contribution in [3.05, 3.63) is 71.1 Å². The summed E-state index contributed by atoms with van der Waals surface area (Å²) in [7, 11) is 2.07. The molecular weight excluding hydrogens is 274 g/mol. The van der Waals surface area contributed by atoms with Gasteiger partial charge in [-0.1, -0.05) is 55.5 Å². The summed E-state index contributed by atoms with van der Waals surface area (Å²) in [6.45, 7) is 2.31. The average Bonchev–Trinajstić information content (AvgIpc) is 2.96. The van der Waals surface area contributed by atoms with E-state index in [1.54, 1.807) is 0 Å². The largest absolute Gasteiger partial charge is 0.316 e. The van der Waals surface area contributed by atoms with Gasteiger partial charge in [0.05, 0.1) is 0 Å². The van der Waals surface area contributed by atoms with Crippen molar-refractivity contribution in [2.75, 3.05) is 7.05 Å². The molecule has 3 aromatic rings. The van der Waals surface area contributed by atoms with Gasteiger partial charge in [0.2, 0.25) is 0 Å². The quantitative estimate of drug-likeness (QED) is 0.710. The summed E-state index contributed by atoms with van der Waals surface area (Å²) >= 11 is 1.85. The van der Waals surface area contributed by atoms with Crippen molar-refractivity contribution in [2.24, 2.45) is 0 Å². The van der Waals surface area contributed by atoms with Crippen molar-refractivity contribution in [1.29, 1.82) is 0 Å². The van der Waals surface area contributed by atoms with Gasteiger partial charge in [-0.05, 0) is 47.3 Å². The molecule has 0 aliphatic carbocycles. The summed E-state index contributed by atoms with van der Waals surface area (Å²) in [6.07, 6.45) is 1.07. The maximum Gasteiger partial charge on any atom is 0.0345 e. The Morgan fingerprint density at radius 2 is 1.71 bits per heavy atom. The molecule has 0 aliphatic rings. The van der Waals surface area contributed by atoms with E-state index >= 15 is 0 Å². The van der Waals surface area contributed by atoms with E-state index in [9.17, 15) is 0 Å². The second kappa shape index (κ2) is 6.42. The lowest BCUT2D eigenvalue weighted by molar-refractivity contribution is 0.484. The zero-order valence-electron chi connectivity index (χ0n) is 12.5. The number of benzene rings is 2. The van der Waals surface area contributed by atoms with Crippen molar-refractivity contribution >= 4 is 21.4 Å². The van der Waals surface area contributed by atoms with Crippen molar-refractivity contribution in [3.63, 3.8) is 0 Å². The van der Waals surface area contributed by atoms with Crippen LogP contribution in [0.3, 0.4) is 0 Å². The highest BCUT2D eigenvalue weighted by molar-refractivity contribution is 7.17. The van der Waals surface area contributed by atoms with Crippen LogP contribution in [0.25, 0.3) is 10.1 Å². The van der Waals surface area contributed by atoms with Crippen LogP contribution in [0.1, 0.15) is 24.0 Å². The predicted octanol–water partition coefficient (Wildman–Crippen LogP) is 4.84. The highest BCUT2D eigenvalue weighted by Gasteiger charge is 2.19. The van der Waals surface area contributed by atoms with E-state index < -0.39 is 0 Å². The first-order valence-corrected chi connectivity index (χ1v) is 8.35. The Labute approximate surface area is 130 Å². The fourth-order valence-electron chi connectivity index (χ4n) is 2.95. The highest BCUT2D eigenvalue weighted by atomic mass is 32.1. The van der Waals surface area contributed by atoms with Crippen LogP contribution in [0.5, 0.6) is 0 Å². The molecule has 3 rings (SSSR count). The Hall–Kier alpha value is -1.64. The van der Waals surface area contributed by atoms with Crippen LogP contribution >= 0.6 is 11.3 Å². The summed E-state index contributed by atoms with van der Waals surface area (Å²) in [5.74, 6) is 0.495. The molecule has 0 saturated carbocycles. The van der Waals surface area contributed by atoms with Gasteiger partial charge < -0.3 is 5.32 Å². The number of thiophene rings is 1. The van der Waals surface area contributed by atoms with Crippen molar-refractivity contribution in [2.45, 2.75) is 25.3 Å². The first-order valence-electron chi connectivity index (χ1n) is 7.47. The molecule has 108 valence electrons. The number of hydrogen-bond acceptors (Lipinski definition) is 2. The lowest BCUT2D eigenvalue weighted by Crippen LogP contribution is -2.32. The van der Waals surface area contributed by atoms with Gasteiger partial charge in [-0.15, -0.1) is 11.3 Å². The molecule has 1 aromatic heterocycles. The molecular formula is C19H21NS. The molecule has 2 unspecified atom stereocenters. The summed E-state index contributed by atoms with van der Waals surface area (Å²) in [5.41, 5.74) is 2.86. The van der Waals surface area contributed by atoms with Crippen molar-refractivity contribution in [3.8, 4) is 0 Å². The molecule has 2 atom stereocenters. The summed E-state index contributed by atoms with van der Waals surface area (Å²) in [6, 6.07) is 19.9. The fourth-order valence-corrected chi connectivity index (χ4v) is 3.92. The van der Waals surface area contributed by atoms with Crippen LogP contribution in [0.2, 0.25) is 0 Å². The van der Waals surface area contributed by atoms with E-state index in [0.717, 1.165) is 6.42 Å². The average molecular weight is 295 g/mol. The molecule has 1 heterocycles. The minimum Gasteiger partial charge on any atom is -0.316 e. The molecule has 0 saturated heterocycles. The Morgan fingerprint density at radius 3 is 2.48 bits per heavy atom. The molecule has 2 aromatic carbocycles. The Morgan fingerprint density at radius 1 is 1.00 bits per heavy atom. The second-order valence-corrected chi connectivity index (χ2v) is 6.47. The van der Waals surface area contributed by atoms with E-state index in [2.05, 4.69) is 79.3 Å². The molecule has 1 N–H and O–H groups in total. The Balaban J connectivity index is 1.84. The maximum absolute atomic E-state index is 3.51. The van der Waals surface area contributed by atoms with Crippen LogP contribution < -0.4 is 5.32 Å². The van der Waals surface area contributed by atoms with Crippen LogP contribution in [-0.2, 0) is 6.42 Å². The van der Waals surface area contributed by atoms with E-state index in [1.165, 1.54) is 21.2 Å². The van der Waals surface area contributed by atoms with Crippen LogP contribution in [0, 0.1) is 0 Å². The molecule has 21 heavy (non-hydrogen) atoms. The molecule has 2 heteroatoms. The molecule has 0 aliphatic heterocycles. The second-order valence-electron chi connectivity index (χ2n) is 5.56. The molecule has 0 bridgehead atoms. The lowest BCUT2D eigenvalue weighted by Gasteiger charge is -2.24. The summed E-state index contributed by atoms with van der Waals surface area (Å²) in [4.78, 5) is 0. The first kappa shape index (κ1) is 14.3. The molecule has 0 radical (unpaired) electrons. The van der Waals surface area contributed by atoms with Gasteiger partial charge >= 0.3 is 0 Å².